The van der Waals surface area contributed by atoms with E-state index in [1.54, 1.807) is 19.1 Å². The highest BCUT2D eigenvalue weighted by molar-refractivity contribution is 5.95. The van der Waals surface area contributed by atoms with Crippen molar-refractivity contribution in [2.75, 3.05) is 26.3 Å². The lowest BCUT2D eigenvalue weighted by atomic mass is 10.1. The number of morpholine rings is 1. The Kier molecular flexibility index (Phi) is 5.45. The summed E-state index contributed by atoms with van der Waals surface area (Å²) in [6.45, 7) is 8.98. The minimum Gasteiger partial charge on any atom is -0.421 e. The Morgan fingerprint density at radius 1 is 1.44 bits per heavy atom. The molecule has 134 valence electrons. The fraction of sp³-hybridized carbons (Fsp3) is 0.500. The van der Waals surface area contributed by atoms with Crippen molar-refractivity contribution in [3.63, 3.8) is 0 Å². The fourth-order valence-electron chi connectivity index (χ4n) is 3.06. The van der Waals surface area contributed by atoms with E-state index in [0.717, 1.165) is 25.3 Å². The van der Waals surface area contributed by atoms with Crippen LogP contribution in [0.15, 0.2) is 28.7 Å². The molecule has 7 nitrogen and oxygen atoms in total. The molecule has 0 radical (unpaired) electrons. The Balaban J connectivity index is 1.61. The largest absolute Gasteiger partial charge is 0.421 e. The number of rotatable bonds is 5. The average Bonchev–Trinajstić information content (AvgIpc) is 3.06. The van der Waals surface area contributed by atoms with Crippen LogP contribution in [0.25, 0.3) is 11.5 Å². The van der Waals surface area contributed by atoms with Crippen LogP contribution in [0.5, 0.6) is 0 Å². The molecule has 0 aliphatic carbocycles. The van der Waals surface area contributed by atoms with Gasteiger partial charge in [0.2, 0.25) is 11.8 Å². The van der Waals surface area contributed by atoms with E-state index in [4.69, 9.17) is 9.15 Å². The smallest absolute Gasteiger partial charge is 0.251 e. The normalized spacial score (nSPS) is 19.6. The van der Waals surface area contributed by atoms with Crippen LogP contribution in [0.4, 0.5) is 0 Å². The van der Waals surface area contributed by atoms with Gasteiger partial charge in [0, 0.05) is 43.2 Å². The number of hydrogen-bond donors (Lipinski definition) is 1. The molecule has 2 aromatic rings. The molecule has 1 aromatic heterocycles. The molecular weight excluding hydrogens is 320 g/mol. The Labute approximate surface area is 147 Å². The van der Waals surface area contributed by atoms with Crippen LogP contribution in [0.1, 0.15) is 30.1 Å². The van der Waals surface area contributed by atoms with Crippen LogP contribution in [-0.2, 0) is 4.74 Å². The van der Waals surface area contributed by atoms with E-state index in [1.807, 2.05) is 12.1 Å². The molecule has 2 atom stereocenters. The van der Waals surface area contributed by atoms with Gasteiger partial charge in [-0.3, -0.25) is 9.69 Å². The summed E-state index contributed by atoms with van der Waals surface area (Å²) in [5.74, 6) is 0.812. The van der Waals surface area contributed by atoms with Gasteiger partial charge in [0.25, 0.3) is 5.91 Å². The van der Waals surface area contributed by atoms with Gasteiger partial charge in [-0.25, -0.2) is 0 Å². The predicted molar refractivity (Wildman–Crippen MR) is 93.3 cm³/mol. The van der Waals surface area contributed by atoms with Gasteiger partial charge in [0.1, 0.15) is 0 Å². The molecule has 25 heavy (non-hydrogen) atoms. The van der Waals surface area contributed by atoms with Gasteiger partial charge in [-0.1, -0.05) is 6.07 Å². The van der Waals surface area contributed by atoms with Gasteiger partial charge in [0.15, 0.2) is 0 Å². The van der Waals surface area contributed by atoms with Gasteiger partial charge in [0.05, 0.1) is 13.2 Å². The van der Waals surface area contributed by atoms with E-state index < -0.39 is 0 Å². The Morgan fingerprint density at radius 3 is 3.00 bits per heavy atom. The van der Waals surface area contributed by atoms with Crippen LogP contribution >= 0.6 is 0 Å². The molecular formula is C18H24N4O3. The number of aryl methyl sites for hydroxylation is 1. The highest BCUT2D eigenvalue weighted by Gasteiger charge is 2.24. The van der Waals surface area contributed by atoms with Crippen molar-refractivity contribution in [1.29, 1.82) is 0 Å². The molecule has 1 aliphatic rings. The Bertz CT molecular complexity index is 731. The van der Waals surface area contributed by atoms with Gasteiger partial charge in [-0.15, -0.1) is 10.2 Å². The van der Waals surface area contributed by atoms with Gasteiger partial charge in [-0.05, 0) is 32.0 Å². The number of nitrogens with one attached hydrogen (secondary N) is 1. The van der Waals surface area contributed by atoms with Crippen LogP contribution in [0.2, 0.25) is 0 Å². The predicted octanol–water partition coefficient (Wildman–Crippen LogP) is 1.88. The summed E-state index contributed by atoms with van der Waals surface area (Å²) in [6.07, 6.45) is 0. The summed E-state index contributed by atoms with van der Waals surface area (Å²) >= 11 is 0. The zero-order chi connectivity index (χ0) is 17.8. The SMILES string of the molecule is Cc1nnc(-c2cccc(C(=O)NC[C@H](C)N3CCOC[C@H]3C)c2)o1. The molecule has 1 amide bonds. The number of aromatic nitrogens is 2. The van der Waals surface area contributed by atoms with Crippen molar-refractivity contribution in [3.8, 4) is 11.5 Å². The number of amides is 1. The molecule has 7 heteroatoms. The highest BCUT2D eigenvalue weighted by Crippen LogP contribution is 2.19. The average molecular weight is 344 g/mol. The highest BCUT2D eigenvalue weighted by atomic mass is 16.5. The van der Waals surface area contributed by atoms with E-state index >= 15 is 0 Å². The Hall–Kier alpha value is -2.25. The second-order valence-corrected chi connectivity index (χ2v) is 6.43. The third-order valence-electron chi connectivity index (χ3n) is 4.44. The maximum atomic E-state index is 12.5. The molecule has 0 bridgehead atoms. The van der Waals surface area contributed by atoms with Gasteiger partial charge >= 0.3 is 0 Å². The fourth-order valence-corrected chi connectivity index (χ4v) is 3.06. The minimum atomic E-state index is -0.106. The van der Waals surface area contributed by atoms with E-state index in [2.05, 4.69) is 34.3 Å². The van der Waals surface area contributed by atoms with E-state index in [1.165, 1.54) is 0 Å². The maximum absolute atomic E-state index is 12.5. The summed E-state index contributed by atoms with van der Waals surface area (Å²) in [5, 5.41) is 10.8. The van der Waals surface area contributed by atoms with Crippen molar-refractivity contribution in [2.45, 2.75) is 32.9 Å². The zero-order valence-electron chi connectivity index (χ0n) is 14.9. The van der Waals surface area contributed by atoms with Crippen molar-refractivity contribution in [2.24, 2.45) is 0 Å². The molecule has 0 spiro atoms. The first-order chi connectivity index (χ1) is 12.0. The molecule has 0 saturated carbocycles. The number of nitrogens with zero attached hydrogens (tertiary/aromatic N) is 3. The second kappa shape index (κ2) is 7.76. The minimum absolute atomic E-state index is 0.106. The summed E-state index contributed by atoms with van der Waals surface area (Å²) in [7, 11) is 0. The maximum Gasteiger partial charge on any atom is 0.251 e. The number of carbonyl (C=O) groups is 1. The lowest BCUT2D eigenvalue weighted by Gasteiger charge is -2.37. The number of hydrogen-bond acceptors (Lipinski definition) is 6. The quantitative estimate of drug-likeness (QED) is 0.892. The molecule has 1 aliphatic heterocycles. The van der Waals surface area contributed by atoms with Crippen molar-refractivity contribution in [1.82, 2.24) is 20.4 Å². The number of benzene rings is 1. The molecule has 1 fully saturated rings. The van der Waals surface area contributed by atoms with Gasteiger partial charge in [-0.2, -0.15) is 0 Å². The number of ether oxygens (including phenoxy) is 1. The van der Waals surface area contributed by atoms with Crippen molar-refractivity contribution < 1.29 is 13.9 Å². The number of carbonyl (C=O) groups excluding carboxylic acids is 1. The van der Waals surface area contributed by atoms with E-state index in [-0.39, 0.29) is 11.9 Å². The van der Waals surface area contributed by atoms with Gasteiger partial charge < -0.3 is 14.5 Å². The molecule has 0 unspecified atom stereocenters. The van der Waals surface area contributed by atoms with Crippen molar-refractivity contribution in [3.05, 3.63) is 35.7 Å². The Morgan fingerprint density at radius 2 is 2.28 bits per heavy atom. The second-order valence-electron chi connectivity index (χ2n) is 6.43. The van der Waals surface area contributed by atoms with E-state index in [0.29, 0.717) is 29.9 Å². The first-order valence-corrected chi connectivity index (χ1v) is 8.57. The monoisotopic (exact) mass is 344 g/mol. The van der Waals surface area contributed by atoms with Crippen LogP contribution in [0, 0.1) is 6.92 Å². The lowest BCUT2D eigenvalue weighted by Crippen LogP contribution is -2.51. The topological polar surface area (TPSA) is 80.5 Å². The van der Waals surface area contributed by atoms with Crippen LogP contribution < -0.4 is 5.32 Å². The molecule has 1 aromatic carbocycles. The van der Waals surface area contributed by atoms with Crippen LogP contribution in [0.3, 0.4) is 0 Å². The van der Waals surface area contributed by atoms with Crippen molar-refractivity contribution >= 4 is 5.91 Å². The third kappa shape index (κ3) is 4.24. The van der Waals surface area contributed by atoms with E-state index in [9.17, 15) is 4.79 Å². The third-order valence-corrected chi connectivity index (χ3v) is 4.44. The molecule has 2 heterocycles. The molecule has 1 saturated heterocycles. The summed E-state index contributed by atoms with van der Waals surface area (Å²) in [6, 6.07) is 7.84. The molecule has 1 N–H and O–H groups in total. The lowest BCUT2D eigenvalue weighted by molar-refractivity contribution is -0.0178. The summed E-state index contributed by atoms with van der Waals surface area (Å²) < 4.78 is 10.9. The zero-order valence-corrected chi connectivity index (χ0v) is 14.9. The first kappa shape index (κ1) is 17.6. The summed E-state index contributed by atoms with van der Waals surface area (Å²) in [4.78, 5) is 14.8. The standard InChI is InChI=1S/C18H24N4O3/c1-12(22-7-8-24-11-13(22)2)10-19-17(23)15-5-4-6-16(9-15)18-21-20-14(3)25-18/h4-6,9,12-13H,7-8,10-11H2,1-3H3,(H,19,23)/t12-,13+/m0/s1. The molecule has 3 rings (SSSR count). The van der Waals surface area contributed by atoms with Crippen LogP contribution in [-0.4, -0.2) is 59.4 Å². The summed E-state index contributed by atoms with van der Waals surface area (Å²) in [5.41, 5.74) is 1.32. The first-order valence-electron chi connectivity index (χ1n) is 8.57.